The molecule has 37 heavy (non-hydrogen) atoms. The Kier molecular flexibility index (Phi) is 8.68. The first kappa shape index (κ1) is 26.1. The van der Waals surface area contributed by atoms with Crippen LogP contribution in [0.5, 0.6) is 0 Å². The molecule has 0 aliphatic heterocycles. The molecule has 0 aromatic heterocycles. The molecule has 0 saturated heterocycles. The lowest BCUT2D eigenvalue weighted by molar-refractivity contribution is -0.120. The molecule has 0 bridgehead atoms. The molecular weight excluding hydrogens is 454 g/mol. The minimum Gasteiger partial charge on any atom is -0.359 e. The minimum atomic E-state index is -0.276. The van der Waals surface area contributed by atoms with Crippen LogP contribution in [0.25, 0.3) is 11.1 Å². The van der Waals surface area contributed by atoms with Gasteiger partial charge in [0.25, 0.3) is 0 Å². The summed E-state index contributed by atoms with van der Waals surface area (Å²) < 4.78 is 0. The normalized spacial score (nSPS) is 13.5. The molecule has 3 nitrogen and oxygen atoms in total. The van der Waals surface area contributed by atoms with Crippen molar-refractivity contribution < 1.29 is 9.59 Å². The number of allylic oxidation sites excluding steroid dienone is 5. The Hall–Kier alpha value is -3.98. The second-order valence-corrected chi connectivity index (χ2v) is 9.94. The Labute approximate surface area is 220 Å². The van der Waals surface area contributed by atoms with Crippen LogP contribution in [-0.2, 0) is 11.2 Å². The van der Waals surface area contributed by atoms with Gasteiger partial charge in [0.05, 0.1) is 0 Å². The van der Waals surface area contributed by atoms with Gasteiger partial charge in [-0.15, -0.1) is 0 Å². The summed E-state index contributed by atoms with van der Waals surface area (Å²) in [6.07, 6.45) is 10.1. The van der Waals surface area contributed by atoms with Crippen LogP contribution in [0.3, 0.4) is 0 Å². The summed E-state index contributed by atoms with van der Waals surface area (Å²) in [7, 11) is 0. The average Bonchev–Trinajstić information content (AvgIpc) is 2.90. The first-order valence-corrected chi connectivity index (χ1v) is 13.0. The number of rotatable bonds is 11. The summed E-state index contributed by atoms with van der Waals surface area (Å²) in [4.78, 5) is 25.1. The number of benzene rings is 3. The highest BCUT2D eigenvalue weighted by atomic mass is 16.1. The maximum Gasteiger partial charge on any atom is 0.163 e. The lowest BCUT2D eigenvalue weighted by Crippen LogP contribution is -2.17. The van der Waals surface area contributed by atoms with E-state index in [9.17, 15) is 9.59 Å². The Morgan fingerprint density at radius 2 is 1.54 bits per heavy atom. The first-order chi connectivity index (χ1) is 17.9. The van der Waals surface area contributed by atoms with Gasteiger partial charge < -0.3 is 5.32 Å². The fourth-order valence-electron chi connectivity index (χ4n) is 4.60. The van der Waals surface area contributed by atoms with Gasteiger partial charge in [-0.3, -0.25) is 9.59 Å². The standard InChI is InChI=1S/C34H35NO2/c1-24-9-11-28(12-10-24)21-25(2)35-33-19-17-30(18-20-33)29-13-15-31(16-14-29)34(37)23-32(26(3)36)22-27-7-5-4-6-8-27/h5,7-20,32,35H,2,4,6,21-23H2,1,3H3. The van der Waals surface area contributed by atoms with Crippen molar-refractivity contribution in [1.29, 1.82) is 0 Å². The summed E-state index contributed by atoms with van der Waals surface area (Å²) in [6, 6.07) is 24.4. The number of hydrogen-bond acceptors (Lipinski definition) is 3. The number of carbonyl (C=O) groups is 2. The van der Waals surface area contributed by atoms with Gasteiger partial charge in [0, 0.05) is 35.7 Å². The number of hydrogen-bond donors (Lipinski definition) is 1. The lowest BCUT2D eigenvalue weighted by atomic mass is 9.87. The van der Waals surface area contributed by atoms with Crippen LogP contribution in [0.2, 0.25) is 0 Å². The SMILES string of the molecule is C=C(Cc1ccc(C)cc1)Nc1ccc(-c2ccc(C(=O)CC(CC3=CCCC=C3)C(C)=O)cc2)cc1. The predicted molar refractivity (Wildman–Crippen MR) is 154 cm³/mol. The van der Waals surface area contributed by atoms with E-state index in [-0.39, 0.29) is 23.9 Å². The molecule has 0 amide bonds. The molecule has 1 N–H and O–H groups in total. The Balaban J connectivity index is 1.34. The minimum absolute atomic E-state index is 0.0128. The van der Waals surface area contributed by atoms with E-state index < -0.39 is 0 Å². The van der Waals surface area contributed by atoms with Gasteiger partial charge in [0.2, 0.25) is 0 Å². The van der Waals surface area contributed by atoms with E-state index in [1.807, 2.05) is 36.4 Å². The highest BCUT2D eigenvalue weighted by Gasteiger charge is 2.21. The van der Waals surface area contributed by atoms with Crippen LogP contribution < -0.4 is 5.32 Å². The van der Waals surface area contributed by atoms with E-state index in [1.165, 1.54) is 11.1 Å². The third kappa shape index (κ3) is 7.50. The van der Waals surface area contributed by atoms with Crippen LogP contribution >= 0.6 is 0 Å². The summed E-state index contributed by atoms with van der Waals surface area (Å²) >= 11 is 0. The van der Waals surface area contributed by atoms with Crippen molar-refractivity contribution >= 4 is 17.3 Å². The first-order valence-electron chi connectivity index (χ1n) is 13.0. The van der Waals surface area contributed by atoms with Crippen molar-refractivity contribution in [2.45, 2.75) is 46.0 Å². The molecule has 3 aromatic rings. The van der Waals surface area contributed by atoms with Gasteiger partial charge >= 0.3 is 0 Å². The molecule has 0 saturated carbocycles. The molecule has 1 aliphatic rings. The average molecular weight is 490 g/mol. The largest absolute Gasteiger partial charge is 0.359 e. The molecule has 4 rings (SSSR count). The maximum atomic E-state index is 12.9. The fourth-order valence-corrected chi connectivity index (χ4v) is 4.60. The summed E-state index contributed by atoms with van der Waals surface area (Å²) in [5.41, 5.74) is 8.34. The smallest absolute Gasteiger partial charge is 0.163 e. The zero-order valence-corrected chi connectivity index (χ0v) is 21.8. The topological polar surface area (TPSA) is 46.2 Å². The quantitative estimate of drug-likeness (QED) is 0.276. The van der Waals surface area contributed by atoms with E-state index >= 15 is 0 Å². The molecule has 1 atom stereocenters. The van der Waals surface area contributed by atoms with E-state index in [4.69, 9.17) is 0 Å². The van der Waals surface area contributed by atoms with Crippen molar-refractivity contribution in [3.63, 3.8) is 0 Å². The highest BCUT2D eigenvalue weighted by Crippen LogP contribution is 2.26. The van der Waals surface area contributed by atoms with Crippen LogP contribution in [0.15, 0.2) is 109 Å². The van der Waals surface area contributed by atoms with Crippen LogP contribution in [0.1, 0.15) is 54.1 Å². The van der Waals surface area contributed by atoms with Gasteiger partial charge in [-0.2, -0.15) is 0 Å². The maximum absolute atomic E-state index is 12.9. The number of aryl methyl sites for hydroxylation is 1. The second-order valence-electron chi connectivity index (χ2n) is 9.94. The van der Waals surface area contributed by atoms with Gasteiger partial charge in [-0.05, 0) is 61.9 Å². The molecule has 0 radical (unpaired) electrons. The molecule has 1 unspecified atom stereocenters. The van der Waals surface area contributed by atoms with E-state index in [2.05, 4.69) is 73.4 Å². The molecule has 0 heterocycles. The zero-order chi connectivity index (χ0) is 26.2. The number of carbonyl (C=O) groups excluding carboxylic acids is 2. The third-order valence-electron chi connectivity index (χ3n) is 6.84. The van der Waals surface area contributed by atoms with E-state index in [0.717, 1.165) is 47.3 Å². The van der Waals surface area contributed by atoms with Gasteiger partial charge in [0.1, 0.15) is 5.78 Å². The van der Waals surface area contributed by atoms with Crippen LogP contribution in [0.4, 0.5) is 5.69 Å². The molecule has 3 aromatic carbocycles. The van der Waals surface area contributed by atoms with Crippen molar-refractivity contribution in [3.05, 3.63) is 126 Å². The number of nitrogens with one attached hydrogen (secondary N) is 1. The summed E-state index contributed by atoms with van der Waals surface area (Å²) in [6.45, 7) is 7.84. The van der Waals surface area contributed by atoms with Crippen molar-refractivity contribution in [2.24, 2.45) is 5.92 Å². The molecule has 3 heteroatoms. The number of Topliss-reactive ketones (excluding diaryl/α,β-unsaturated/α-hetero) is 2. The Morgan fingerprint density at radius 3 is 2.14 bits per heavy atom. The predicted octanol–water partition coefficient (Wildman–Crippen LogP) is 8.27. The Morgan fingerprint density at radius 1 is 0.892 bits per heavy atom. The van der Waals surface area contributed by atoms with Crippen molar-refractivity contribution in [1.82, 2.24) is 0 Å². The fraction of sp³-hybridized carbons (Fsp3) is 0.235. The number of anilines is 1. The molecule has 0 fully saturated rings. The highest BCUT2D eigenvalue weighted by molar-refractivity contribution is 5.99. The Bertz CT molecular complexity index is 1310. The van der Waals surface area contributed by atoms with Crippen LogP contribution in [0, 0.1) is 12.8 Å². The summed E-state index contributed by atoms with van der Waals surface area (Å²) in [5, 5.41) is 3.39. The van der Waals surface area contributed by atoms with Crippen molar-refractivity contribution in [2.75, 3.05) is 5.32 Å². The van der Waals surface area contributed by atoms with Gasteiger partial charge in [0.15, 0.2) is 5.78 Å². The lowest BCUT2D eigenvalue weighted by Gasteiger charge is -2.15. The number of ketones is 2. The van der Waals surface area contributed by atoms with E-state index in [0.29, 0.717) is 12.0 Å². The van der Waals surface area contributed by atoms with Crippen LogP contribution in [-0.4, -0.2) is 11.6 Å². The molecule has 0 spiro atoms. The summed E-state index contributed by atoms with van der Waals surface area (Å²) in [5.74, 6) is -0.194. The van der Waals surface area contributed by atoms with Gasteiger partial charge in [-0.25, -0.2) is 0 Å². The van der Waals surface area contributed by atoms with E-state index in [1.54, 1.807) is 6.92 Å². The monoisotopic (exact) mass is 489 g/mol. The third-order valence-corrected chi connectivity index (χ3v) is 6.84. The van der Waals surface area contributed by atoms with Crippen molar-refractivity contribution in [3.8, 4) is 11.1 Å². The molecular formula is C34H35NO2. The van der Waals surface area contributed by atoms with Gasteiger partial charge in [-0.1, -0.05) is 96.6 Å². The molecule has 188 valence electrons. The second kappa shape index (κ2) is 12.3. The zero-order valence-electron chi connectivity index (χ0n) is 21.8. The molecule has 1 aliphatic carbocycles.